The molecule has 4 saturated carbocycles. The van der Waals surface area contributed by atoms with Gasteiger partial charge in [0.15, 0.2) is 11.3 Å². The molecule has 0 unspecified atom stereocenters. The highest BCUT2D eigenvalue weighted by molar-refractivity contribution is 6.07. The van der Waals surface area contributed by atoms with Gasteiger partial charge in [0.2, 0.25) is 0 Å². The van der Waals surface area contributed by atoms with Crippen LogP contribution in [0, 0.1) is 40.9 Å². The Morgan fingerprint density at radius 2 is 1.49 bits per heavy atom. The third kappa shape index (κ3) is 4.00. The average Bonchev–Trinajstić information content (AvgIpc) is 3.20. The lowest BCUT2D eigenvalue weighted by atomic mass is 9.52. The fraction of sp³-hybridized carbons (Fsp3) is 0.382. The van der Waals surface area contributed by atoms with Gasteiger partial charge in [0.25, 0.3) is 5.91 Å². The van der Waals surface area contributed by atoms with Crippen LogP contribution in [0.5, 0.6) is 0 Å². The molecular formula is C34H33N5O2. The first-order valence-electron chi connectivity index (χ1n) is 14.6. The monoisotopic (exact) mass is 543 g/mol. The zero-order chi connectivity index (χ0) is 28.1. The average molecular weight is 544 g/mol. The molecule has 0 N–H and O–H groups in total. The summed E-state index contributed by atoms with van der Waals surface area (Å²) in [5, 5.41) is 9.68. The lowest BCUT2D eigenvalue weighted by molar-refractivity contribution is -0.134. The minimum Gasteiger partial charge on any atom is -0.339 e. The van der Waals surface area contributed by atoms with Crippen LogP contribution in [0.25, 0.3) is 0 Å². The van der Waals surface area contributed by atoms with Crippen molar-refractivity contribution in [2.75, 3.05) is 13.6 Å². The Hall–Kier alpha value is -4.31. The van der Waals surface area contributed by atoms with E-state index in [4.69, 9.17) is 0 Å². The van der Waals surface area contributed by atoms with Gasteiger partial charge in [-0.1, -0.05) is 12.1 Å². The second-order valence-electron chi connectivity index (χ2n) is 12.3. The van der Waals surface area contributed by atoms with Gasteiger partial charge in [0.05, 0.1) is 11.6 Å². The molecule has 1 amide bonds. The summed E-state index contributed by atoms with van der Waals surface area (Å²) < 4.78 is 0. The van der Waals surface area contributed by atoms with Crippen molar-refractivity contribution in [3.05, 3.63) is 107 Å². The fourth-order valence-corrected chi connectivity index (χ4v) is 8.67. The van der Waals surface area contributed by atoms with Crippen LogP contribution in [0.1, 0.15) is 59.2 Å². The SMILES string of the molecule is CN1C(=CC(=O)c2ccccc2C#N)N(CC2C3CC4CC(C3)CC2C4)C(=O)C1(c1ccncc1)c1ccncc1. The number of hydrogen-bond donors (Lipinski definition) is 0. The summed E-state index contributed by atoms with van der Waals surface area (Å²) in [6, 6.07) is 16.5. The van der Waals surface area contributed by atoms with E-state index in [1.54, 1.807) is 55.1 Å². The molecule has 8 rings (SSSR count). The second-order valence-corrected chi connectivity index (χ2v) is 12.3. The quantitative estimate of drug-likeness (QED) is 0.315. The predicted octanol–water partition coefficient (Wildman–Crippen LogP) is 5.16. The first-order chi connectivity index (χ1) is 20.0. The molecule has 0 radical (unpaired) electrons. The maximum Gasteiger partial charge on any atom is 0.263 e. The van der Waals surface area contributed by atoms with Gasteiger partial charge in [0.1, 0.15) is 5.82 Å². The molecule has 41 heavy (non-hydrogen) atoms. The minimum atomic E-state index is -1.18. The van der Waals surface area contributed by atoms with Gasteiger partial charge < -0.3 is 4.90 Å². The summed E-state index contributed by atoms with van der Waals surface area (Å²) in [6.45, 7) is 0.592. The molecule has 4 bridgehead atoms. The number of aromatic nitrogens is 2. The molecule has 1 aliphatic heterocycles. The van der Waals surface area contributed by atoms with Gasteiger partial charge >= 0.3 is 0 Å². The standard InChI is InChI=1S/C34H33N5O2/c1-38-32(19-31(40)29-5-3-2-4-24(29)20-35)39(21-30-25-15-22-14-23(17-25)18-26(30)16-22)33(41)34(38,27-6-10-36-11-7-27)28-8-12-37-13-9-28/h2-13,19,22-23,25-26,30H,14-18,21H2,1H3. The number of rotatable bonds is 6. The number of hydrogen-bond acceptors (Lipinski definition) is 6. The number of pyridine rings is 2. The number of likely N-dealkylation sites (N-methyl/N-ethyl adjacent to an activating group) is 1. The zero-order valence-electron chi connectivity index (χ0n) is 23.2. The molecule has 5 fully saturated rings. The highest BCUT2D eigenvalue weighted by Gasteiger charge is 2.58. The Morgan fingerprint density at radius 1 is 0.927 bits per heavy atom. The predicted molar refractivity (Wildman–Crippen MR) is 153 cm³/mol. The highest BCUT2D eigenvalue weighted by atomic mass is 16.2. The summed E-state index contributed by atoms with van der Waals surface area (Å²) in [7, 11) is 1.89. The molecular weight excluding hydrogens is 510 g/mol. The summed E-state index contributed by atoms with van der Waals surface area (Å²) >= 11 is 0. The molecule has 3 heterocycles. The minimum absolute atomic E-state index is 0.0705. The maximum absolute atomic E-state index is 15.0. The van der Waals surface area contributed by atoms with Crippen LogP contribution in [-0.2, 0) is 10.3 Å². The zero-order valence-corrected chi connectivity index (χ0v) is 23.2. The Bertz CT molecular complexity index is 1490. The Kier molecular flexibility index (Phi) is 6.23. The van der Waals surface area contributed by atoms with Crippen molar-refractivity contribution in [2.24, 2.45) is 29.6 Å². The molecule has 206 valence electrons. The van der Waals surface area contributed by atoms with Crippen molar-refractivity contribution in [1.82, 2.24) is 19.8 Å². The number of nitriles is 1. The van der Waals surface area contributed by atoms with Crippen LogP contribution in [0.3, 0.4) is 0 Å². The fourth-order valence-electron chi connectivity index (χ4n) is 8.67. The number of ketones is 1. The summed E-state index contributed by atoms with van der Waals surface area (Å²) in [6.07, 6.45) is 14.8. The van der Waals surface area contributed by atoms with E-state index in [-0.39, 0.29) is 11.7 Å². The highest BCUT2D eigenvalue weighted by Crippen LogP contribution is 2.57. The molecule has 1 aromatic carbocycles. The Balaban J connectivity index is 1.37. The van der Waals surface area contributed by atoms with E-state index in [0.29, 0.717) is 41.2 Å². The Labute approximate surface area is 240 Å². The largest absolute Gasteiger partial charge is 0.339 e. The molecule has 7 nitrogen and oxygen atoms in total. The molecule has 2 aromatic heterocycles. The molecule has 5 aliphatic rings. The van der Waals surface area contributed by atoms with E-state index in [0.717, 1.165) is 23.0 Å². The third-order valence-corrected chi connectivity index (χ3v) is 10.3. The van der Waals surface area contributed by atoms with Crippen molar-refractivity contribution in [2.45, 2.75) is 37.6 Å². The van der Waals surface area contributed by atoms with E-state index in [1.165, 1.54) is 32.1 Å². The van der Waals surface area contributed by atoms with E-state index in [2.05, 4.69) is 16.0 Å². The summed E-state index contributed by atoms with van der Waals surface area (Å²) in [5.74, 6) is 3.53. The number of nitrogens with zero attached hydrogens (tertiary/aromatic N) is 5. The lowest BCUT2D eigenvalue weighted by Crippen LogP contribution is -2.50. The first kappa shape index (κ1) is 25.6. The third-order valence-electron chi connectivity index (χ3n) is 10.3. The van der Waals surface area contributed by atoms with Crippen molar-refractivity contribution >= 4 is 11.7 Å². The first-order valence-corrected chi connectivity index (χ1v) is 14.6. The van der Waals surface area contributed by atoms with Crippen LogP contribution in [0.2, 0.25) is 0 Å². The van der Waals surface area contributed by atoms with Gasteiger partial charge in [-0.3, -0.25) is 24.5 Å². The van der Waals surface area contributed by atoms with Crippen LogP contribution < -0.4 is 0 Å². The maximum atomic E-state index is 15.0. The molecule has 1 saturated heterocycles. The number of benzene rings is 1. The van der Waals surface area contributed by atoms with Crippen LogP contribution in [-0.4, -0.2) is 45.1 Å². The second kappa shape index (κ2) is 9.95. The van der Waals surface area contributed by atoms with Gasteiger partial charge in [-0.05, 0) is 109 Å². The van der Waals surface area contributed by atoms with Gasteiger partial charge in [0, 0.05) is 50.0 Å². The van der Waals surface area contributed by atoms with Crippen molar-refractivity contribution in [3.63, 3.8) is 0 Å². The molecule has 7 heteroatoms. The van der Waals surface area contributed by atoms with Crippen LogP contribution in [0.15, 0.2) is 85.2 Å². The van der Waals surface area contributed by atoms with Gasteiger partial charge in [-0.25, -0.2) is 0 Å². The Morgan fingerprint density at radius 3 is 2.05 bits per heavy atom. The molecule has 0 atom stereocenters. The van der Waals surface area contributed by atoms with E-state index < -0.39 is 5.54 Å². The van der Waals surface area contributed by atoms with Crippen LogP contribution in [0.4, 0.5) is 0 Å². The van der Waals surface area contributed by atoms with E-state index in [9.17, 15) is 14.9 Å². The number of carbonyl (C=O) groups is 2. The van der Waals surface area contributed by atoms with E-state index in [1.807, 2.05) is 41.1 Å². The number of allylic oxidation sites excluding steroid dienone is 1. The van der Waals surface area contributed by atoms with Gasteiger partial charge in [-0.2, -0.15) is 5.26 Å². The van der Waals surface area contributed by atoms with Crippen molar-refractivity contribution < 1.29 is 9.59 Å². The smallest absolute Gasteiger partial charge is 0.263 e. The summed E-state index contributed by atoms with van der Waals surface area (Å²) in [5.41, 5.74) is 1.05. The normalized spacial score (nSPS) is 28.7. The topological polar surface area (TPSA) is 90.2 Å². The number of amides is 1. The molecule has 3 aromatic rings. The number of carbonyl (C=O) groups excluding carboxylic acids is 2. The molecule has 4 aliphatic carbocycles. The van der Waals surface area contributed by atoms with Gasteiger partial charge in [-0.15, -0.1) is 0 Å². The van der Waals surface area contributed by atoms with E-state index >= 15 is 0 Å². The van der Waals surface area contributed by atoms with Crippen molar-refractivity contribution in [1.29, 1.82) is 5.26 Å². The summed E-state index contributed by atoms with van der Waals surface area (Å²) in [4.78, 5) is 41.1. The van der Waals surface area contributed by atoms with Crippen molar-refractivity contribution in [3.8, 4) is 6.07 Å². The molecule has 0 spiro atoms. The van der Waals surface area contributed by atoms with Crippen LogP contribution >= 0.6 is 0 Å². The lowest BCUT2D eigenvalue weighted by Gasteiger charge is -2.55.